The lowest BCUT2D eigenvalue weighted by atomic mass is 10.1. The van der Waals surface area contributed by atoms with E-state index in [-0.39, 0.29) is 11.6 Å². The predicted octanol–water partition coefficient (Wildman–Crippen LogP) is 2.07. The van der Waals surface area contributed by atoms with Crippen LogP contribution >= 0.6 is 0 Å². The summed E-state index contributed by atoms with van der Waals surface area (Å²) in [5.74, 6) is -2.07. The molecule has 1 aromatic rings. The number of hydrogen-bond donors (Lipinski definition) is 1. The Labute approximate surface area is 105 Å². The number of carboxylic acids is 1. The minimum Gasteiger partial charge on any atom is -0.480 e. The molecule has 0 aliphatic carbocycles. The molecule has 98 valence electrons. The van der Waals surface area contributed by atoms with Gasteiger partial charge in [-0.3, -0.25) is 9.59 Å². The molecule has 0 spiro atoms. The van der Waals surface area contributed by atoms with Gasteiger partial charge in [0.05, 0.1) is 0 Å². The summed E-state index contributed by atoms with van der Waals surface area (Å²) >= 11 is 0. The van der Waals surface area contributed by atoms with E-state index in [0.29, 0.717) is 5.56 Å². The molecule has 5 heteroatoms. The van der Waals surface area contributed by atoms with Crippen LogP contribution in [0.3, 0.4) is 0 Å². The van der Waals surface area contributed by atoms with Crippen molar-refractivity contribution >= 4 is 11.9 Å². The Bertz CT molecular complexity index is 471. The molecule has 0 saturated carbocycles. The zero-order valence-electron chi connectivity index (χ0n) is 10.6. The number of rotatable bonds is 4. The number of carbonyl (C=O) groups excluding carboxylic acids is 1. The number of nitrogens with zero attached hydrogens (tertiary/aromatic N) is 1. The van der Waals surface area contributed by atoms with Crippen LogP contribution in [-0.2, 0) is 4.79 Å². The highest BCUT2D eigenvalue weighted by Crippen LogP contribution is 2.14. The maximum Gasteiger partial charge on any atom is 0.323 e. The maximum absolute atomic E-state index is 13.1. The summed E-state index contributed by atoms with van der Waals surface area (Å²) in [7, 11) is 0. The molecule has 0 aliphatic heterocycles. The first-order chi connectivity index (χ1) is 8.32. The number of carbonyl (C=O) groups is 2. The number of hydrogen-bond acceptors (Lipinski definition) is 2. The molecule has 1 aromatic carbocycles. The fraction of sp³-hybridized carbons (Fsp3) is 0.385. The molecule has 0 atom stereocenters. The summed E-state index contributed by atoms with van der Waals surface area (Å²) in [4.78, 5) is 24.1. The lowest BCUT2D eigenvalue weighted by molar-refractivity contribution is -0.138. The minimum atomic E-state index is -1.09. The van der Waals surface area contributed by atoms with E-state index < -0.39 is 24.2 Å². The molecule has 0 heterocycles. The third-order valence-electron chi connectivity index (χ3n) is 2.62. The number of benzene rings is 1. The van der Waals surface area contributed by atoms with Gasteiger partial charge in [-0.25, -0.2) is 4.39 Å². The van der Waals surface area contributed by atoms with Crippen molar-refractivity contribution in [3.63, 3.8) is 0 Å². The Kier molecular flexibility index (Phi) is 4.42. The summed E-state index contributed by atoms with van der Waals surface area (Å²) in [6, 6.07) is 3.64. The van der Waals surface area contributed by atoms with E-state index in [1.165, 1.54) is 17.0 Å². The Hall–Kier alpha value is -1.91. The van der Waals surface area contributed by atoms with Crippen molar-refractivity contribution < 1.29 is 19.1 Å². The Morgan fingerprint density at radius 2 is 2.00 bits per heavy atom. The van der Waals surface area contributed by atoms with Crippen LogP contribution in [0.25, 0.3) is 0 Å². The second-order valence-corrected chi connectivity index (χ2v) is 4.38. The monoisotopic (exact) mass is 253 g/mol. The van der Waals surface area contributed by atoms with Gasteiger partial charge in [0.2, 0.25) is 0 Å². The molecule has 0 aromatic heterocycles. The van der Waals surface area contributed by atoms with Gasteiger partial charge in [0, 0.05) is 11.6 Å². The zero-order valence-corrected chi connectivity index (χ0v) is 10.6. The molecular formula is C13H16FNO3. The summed E-state index contributed by atoms with van der Waals surface area (Å²) < 4.78 is 13.1. The first kappa shape index (κ1) is 14.2. The molecule has 1 amide bonds. The van der Waals surface area contributed by atoms with Gasteiger partial charge in [-0.05, 0) is 38.5 Å². The third kappa shape index (κ3) is 3.29. The summed E-state index contributed by atoms with van der Waals surface area (Å²) in [6.07, 6.45) is 0. The summed E-state index contributed by atoms with van der Waals surface area (Å²) in [6.45, 7) is 4.73. The van der Waals surface area contributed by atoms with Crippen molar-refractivity contribution in [3.05, 3.63) is 35.1 Å². The lowest BCUT2D eigenvalue weighted by Crippen LogP contribution is -2.41. The number of aryl methyl sites for hydroxylation is 1. The Balaban J connectivity index is 3.09. The molecule has 1 rings (SSSR count). The SMILES string of the molecule is Cc1ccc(F)cc1C(=O)N(CC(=O)O)C(C)C. The Morgan fingerprint density at radius 1 is 1.39 bits per heavy atom. The van der Waals surface area contributed by atoms with Crippen LogP contribution < -0.4 is 0 Å². The molecule has 4 nitrogen and oxygen atoms in total. The molecule has 0 bridgehead atoms. The van der Waals surface area contributed by atoms with E-state index in [4.69, 9.17) is 5.11 Å². The second-order valence-electron chi connectivity index (χ2n) is 4.38. The zero-order chi connectivity index (χ0) is 13.9. The van der Waals surface area contributed by atoms with E-state index in [1.54, 1.807) is 20.8 Å². The number of amides is 1. The van der Waals surface area contributed by atoms with Crippen molar-refractivity contribution in [3.8, 4) is 0 Å². The van der Waals surface area contributed by atoms with Gasteiger partial charge in [0.15, 0.2) is 0 Å². The largest absolute Gasteiger partial charge is 0.480 e. The van der Waals surface area contributed by atoms with Gasteiger partial charge in [-0.2, -0.15) is 0 Å². The van der Waals surface area contributed by atoms with Gasteiger partial charge >= 0.3 is 5.97 Å². The molecule has 18 heavy (non-hydrogen) atoms. The Morgan fingerprint density at radius 3 is 2.50 bits per heavy atom. The van der Waals surface area contributed by atoms with Crippen LogP contribution in [-0.4, -0.2) is 34.5 Å². The van der Waals surface area contributed by atoms with E-state index >= 15 is 0 Å². The molecule has 0 radical (unpaired) electrons. The standard InChI is InChI=1S/C13H16FNO3/c1-8(2)15(7-12(16)17)13(18)11-6-10(14)5-4-9(11)3/h4-6,8H,7H2,1-3H3,(H,16,17). The molecular weight excluding hydrogens is 237 g/mol. The van der Waals surface area contributed by atoms with E-state index in [0.717, 1.165) is 6.07 Å². The van der Waals surface area contributed by atoms with Gasteiger partial charge in [0.25, 0.3) is 5.91 Å². The molecule has 0 saturated heterocycles. The average Bonchev–Trinajstić information content (AvgIpc) is 2.27. The summed E-state index contributed by atoms with van der Waals surface area (Å²) in [5, 5.41) is 8.78. The van der Waals surface area contributed by atoms with Gasteiger partial charge in [0.1, 0.15) is 12.4 Å². The molecule has 0 aliphatic rings. The smallest absolute Gasteiger partial charge is 0.323 e. The highest BCUT2D eigenvalue weighted by molar-refractivity contribution is 5.97. The predicted molar refractivity (Wildman–Crippen MR) is 64.9 cm³/mol. The van der Waals surface area contributed by atoms with E-state index in [2.05, 4.69) is 0 Å². The first-order valence-corrected chi connectivity index (χ1v) is 5.62. The van der Waals surface area contributed by atoms with Crippen LogP contribution in [0.1, 0.15) is 29.8 Å². The van der Waals surface area contributed by atoms with Crippen LogP contribution in [0.15, 0.2) is 18.2 Å². The van der Waals surface area contributed by atoms with Crippen LogP contribution in [0.4, 0.5) is 4.39 Å². The molecule has 0 fully saturated rings. The fourth-order valence-electron chi connectivity index (χ4n) is 1.61. The second kappa shape index (κ2) is 5.62. The number of aliphatic carboxylic acids is 1. The topological polar surface area (TPSA) is 57.6 Å². The quantitative estimate of drug-likeness (QED) is 0.893. The van der Waals surface area contributed by atoms with Crippen LogP contribution in [0.5, 0.6) is 0 Å². The molecule has 0 unspecified atom stereocenters. The summed E-state index contributed by atoms with van der Waals surface area (Å²) in [5.41, 5.74) is 0.822. The number of carboxylic acid groups (broad SMARTS) is 1. The van der Waals surface area contributed by atoms with Gasteiger partial charge in [-0.15, -0.1) is 0 Å². The van der Waals surface area contributed by atoms with Crippen molar-refractivity contribution in [1.82, 2.24) is 4.90 Å². The van der Waals surface area contributed by atoms with Crippen molar-refractivity contribution in [2.45, 2.75) is 26.8 Å². The lowest BCUT2D eigenvalue weighted by Gasteiger charge is -2.25. The van der Waals surface area contributed by atoms with Crippen LogP contribution in [0, 0.1) is 12.7 Å². The van der Waals surface area contributed by atoms with Crippen molar-refractivity contribution in [1.29, 1.82) is 0 Å². The van der Waals surface area contributed by atoms with E-state index in [1.807, 2.05) is 0 Å². The maximum atomic E-state index is 13.1. The van der Waals surface area contributed by atoms with Crippen LogP contribution in [0.2, 0.25) is 0 Å². The van der Waals surface area contributed by atoms with Crippen molar-refractivity contribution in [2.24, 2.45) is 0 Å². The number of halogens is 1. The third-order valence-corrected chi connectivity index (χ3v) is 2.62. The highest BCUT2D eigenvalue weighted by atomic mass is 19.1. The van der Waals surface area contributed by atoms with Gasteiger partial charge in [-0.1, -0.05) is 6.07 Å². The van der Waals surface area contributed by atoms with Gasteiger partial charge < -0.3 is 10.0 Å². The normalized spacial score (nSPS) is 10.5. The first-order valence-electron chi connectivity index (χ1n) is 5.62. The molecule has 1 N–H and O–H groups in total. The average molecular weight is 253 g/mol. The van der Waals surface area contributed by atoms with Crippen molar-refractivity contribution in [2.75, 3.05) is 6.54 Å². The van der Waals surface area contributed by atoms with E-state index in [9.17, 15) is 14.0 Å². The minimum absolute atomic E-state index is 0.199. The fourth-order valence-corrected chi connectivity index (χ4v) is 1.61. The highest BCUT2D eigenvalue weighted by Gasteiger charge is 2.22.